The van der Waals surface area contributed by atoms with Gasteiger partial charge in [0.15, 0.2) is 0 Å². The molecule has 1 N–H and O–H groups in total. The molecule has 5 nitrogen and oxygen atoms in total. The normalized spacial score (nSPS) is 13.5. The highest BCUT2D eigenvalue weighted by molar-refractivity contribution is 5.68. The van der Waals surface area contributed by atoms with Crippen molar-refractivity contribution in [2.45, 2.75) is 33.0 Å². The van der Waals surface area contributed by atoms with E-state index in [4.69, 9.17) is 9.47 Å². The molecule has 0 unspecified atom stereocenters. The van der Waals surface area contributed by atoms with E-state index in [2.05, 4.69) is 19.2 Å². The van der Waals surface area contributed by atoms with Gasteiger partial charge in [-0.3, -0.25) is 4.90 Å². The summed E-state index contributed by atoms with van der Waals surface area (Å²) in [5.74, 6) is 0.848. The van der Waals surface area contributed by atoms with Gasteiger partial charge in [0.1, 0.15) is 12.4 Å². The highest BCUT2D eigenvalue weighted by Gasteiger charge is 2.24. The summed E-state index contributed by atoms with van der Waals surface area (Å²) in [5.41, 5.74) is 2.28. The Labute approximate surface area is 119 Å². The first-order valence-corrected chi connectivity index (χ1v) is 6.91. The molecule has 0 saturated heterocycles. The quantitative estimate of drug-likeness (QED) is 0.838. The topological polar surface area (TPSA) is 50.8 Å². The molecule has 0 fully saturated rings. The van der Waals surface area contributed by atoms with Crippen LogP contribution in [0.2, 0.25) is 0 Å². The van der Waals surface area contributed by atoms with Crippen LogP contribution in [0.3, 0.4) is 0 Å². The molecule has 1 heterocycles. The predicted octanol–water partition coefficient (Wildman–Crippen LogP) is 2.15. The Morgan fingerprint density at radius 1 is 1.35 bits per heavy atom. The van der Waals surface area contributed by atoms with E-state index in [0.717, 1.165) is 23.4 Å². The molecule has 0 aliphatic carbocycles. The summed E-state index contributed by atoms with van der Waals surface area (Å²) in [7, 11) is 1.40. The zero-order chi connectivity index (χ0) is 14.5. The third-order valence-electron chi connectivity index (χ3n) is 3.26. The molecular formula is C15H22N2O3. The molecule has 1 aliphatic rings. The van der Waals surface area contributed by atoms with Crippen molar-refractivity contribution in [1.82, 2.24) is 10.2 Å². The minimum atomic E-state index is -0.287. The SMILES string of the molecule is COC(=O)N1Cc2ccc(OCCNC(C)C)cc2C1. The van der Waals surface area contributed by atoms with Crippen LogP contribution in [0.15, 0.2) is 18.2 Å². The number of methoxy groups -OCH3 is 1. The lowest BCUT2D eigenvalue weighted by atomic mass is 10.1. The van der Waals surface area contributed by atoms with Crippen LogP contribution in [0.5, 0.6) is 5.75 Å². The van der Waals surface area contributed by atoms with Crippen LogP contribution >= 0.6 is 0 Å². The second-order valence-electron chi connectivity index (χ2n) is 5.21. The van der Waals surface area contributed by atoms with E-state index in [0.29, 0.717) is 25.7 Å². The number of nitrogens with zero attached hydrogens (tertiary/aromatic N) is 1. The third kappa shape index (κ3) is 3.63. The van der Waals surface area contributed by atoms with Crippen molar-refractivity contribution in [2.75, 3.05) is 20.3 Å². The molecule has 0 aromatic heterocycles. The Balaban J connectivity index is 1.89. The van der Waals surface area contributed by atoms with Crippen molar-refractivity contribution in [1.29, 1.82) is 0 Å². The first kappa shape index (κ1) is 14.7. The lowest BCUT2D eigenvalue weighted by molar-refractivity contribution is 0.123. The highest BCUT2D eigenvalue weighted by atomic mass is 16.5. The van der Waals surface area contributed by atoms with Gasteiger partial charge in [-0.1, -0.05) is 19.9 Å². The Bertz CT molecular complexity index is 474. The number of carbonyl (C=O) groups excluding carboxylic acids is 1. The molecule has 1 aromatic rings. The molecule has 0 saturated carbocycles. The fraction of sp³-hybridized carbons (Fsp3) is 0.533. The molecule has 1 aromatic carbocycles. The number of hydrogen-bond donors (Lipinski definition) is 1. The molecule has 0 radical (unpaired) electrons. The molecule has 0 spiro atoms. The number of amides is 1. The van der Waals surface area contributed by atoms with Crippen molar-refractivity contribution in [3.8, 4) is 5.75 Å². The van der Waals surface area contributed by atoms with Gasteiger partial charge >= 0.3 is 6.09 Å². The van der Waals surface area contributed by atoms with Crippen molar-refractivity contribution in [3.05, 3.63) is 29.3 Å². The van der Waals surface area contributed by atoms with Gasteiger partial charge in [0, 0.05) is 25.7 Å². The summed E-state index contributed by atoms with van der Waals surface area (Å²) in [5, 5.41) is 3.30. The van der Waals surface area contributed by atoms with E-state index in [1.807, 2.05) is 18.2 Å². The lowest BCUT2D eigenvalue weighted by Gasteiger charge is -2.12. The Morgan fingerprint density at radius 3 is 2.80 bits per heavy atom. The van der Waals surface area contributed by atoms with E-state index in [1.54, 1.807) is 4.90 Å². The predicted molar refractivity (Wildman–Crippen MR) is 76.7 cm³/mol. The lowest BCUT2D eigenvalue weighted by Crippen LogP contribution is -2.27. The van der Waals surface area contributed by atoms with Crippen LogP contribution in [-0.2, 0) is 17.8 Å². The highest BCUT2D eigenvalue weighted by Crippen LogP contribution is 2.27. The van der Waals surface area contributed by atoms with Crippen LogP contribution in [0.4, 0.5) is 4.79 Å². The molecule has 1 aliphatic heterocycles. The maximum Gasteiger partial charge on any atom is 0.410 e. The van der Waals surface area contributed by atoms with Crippen LogP contribution in [-0.4, -0.2) is 37.3 Å². The molecule has 5 heteroatoms. The zero-order valence-corrected chi connectivity index (χ0v) is 12.3. The maximum absolute atomic E-state index is 11.5. The summed E-state index contributed by atoms with van der Waals surface area (Å²) in [6.45, 7) is 6.87. The average Bonchev–Trinajstić information content (AvgIpc) is 2.85. The van der Waals surface area contributed by atoms with Gasteiger partial charge in [-0.2, -0.15) is 0 Å². The summed E-state index contributed by atoms with van der Waals surface area (Å²) in [6, 6.07) is 6.44. The third-order valence-corrected chi connectivity index (χ3v) is 3.26. The summed E-state index contributed by atoms with van der Waals surface area (Å²) in [6.07, 6.45) is -0.287. The average molecular weight is 278 g/mol. The van der Waals surface area contributed by atoms with E-state index >= 15 is 0 Å². The number of fused-ring (bicyclic) bond motifs is 1. The molecule has 1 amide bonds. The number of benzene rings is 1. The Morgan fingerprint density at radius 2 is 2.10 bits per heavy atom. The van der Waals surface area contributed by atoms with E-state index in [1.165, 1.54) is 7.11 Å². The van der Waals surface area contributed by atoms with Crippen LogP contribution in [0.25, 0.3) is 0 Å². The minimum Gasteiger partial charge on any atom is -0.492 e. The van der Waals surface area contributed by atoms with Gasteiger partial charge in [0.05, 0.1) is 7.11 Å². The van der Waals surface area contributed by atoms with E-state index in [9.17, 15) is 4.79 Å². The second kappa shape index (κ2) is 6.61. The van der Waals surface area contributed by atoms with Crippen molar-refractivity contribution >= 4 is 6.09 Å². The van der Waals surface area contributed by atoms with Crippen molar-refractivity contribution < 1.29 is 14.3 Å². The number of hydrogen-bond acceptors (Lipinski definition) is 4. The van der Waals surface area contributed by atoms with E-state index < -0.39 is 0 Å². The summed E-state index contributed by atoms with van der Waals surface area (Å²) >= 11 is 0. The van der Waals surface area contributed by atoms with Gasteiger partial charge in [-0.15, -0.1) is 0 Å². The fourth-order valence-corrected chi connectivity index (χ4v) is 2.24. The van der Waals surface area contributed by atoms with E-state index in [-0.39, 0.29) is 6.09 Å². The van der Waals surface area contributed by atoms with Gasteiger partial charge < -0.3 is 14.8 Å². The number of nitrogens with one attached hydrogen (secondary N) is 1. The monoisotopic (exact) mass is 278 g/mol. The Kier molecular flexibility index (Phi) is 4.84. The molecule has 0 bridgehead atoms. The van der Waals surface area contributed by atoms with Gasteiger partial charge in [-0.05, 0) is 23.3 Å². The molecule has 20 heavy (non-hydrogen) atoms. The summed E-state index contributed by atoms with van der Waals surface area (Å²) in [4.78, 5) is 13.2. The van der Waals surface area contributed by atoms with Crippen molar-refractivity contribution in [3.63, 3.8) is 0 Å². The Hall–Kier alpha value is -1.75. The van der Waals surface area contributed by atoms with Gasteiger partial charge in [-0.25, -0.2) is 4.79 Å². The van der Waals surface area contributed by atoms with Gasteiger partial charge in [0.25, 0.3) is 0 Å². The molecule has 110 valence electrons. The van der Waals surface area contributed by atoms with Crippen molar-refractivity contribution in [2.24, 2.45) is 0 Å². The van der Waals surface area contributed by atoms with Crippen LogP contribution in [0, 0.1) is 0 Å². The van der Waals surface area contributed by atoms with Gasteiger partial charge in [0.2, 0.25) is 0 Å². The van der Waals surface area contributed by atoms with Crippen LogP contribution < -0.4 is 10.1 Å². The minimum absolute atomic E-state index is 0.287. The molecule has 2 rings (SSSR count). The number of carbonyl (C=O) groups is 1. The molecular weight excluding hydrogens is 256 g/mol. The largest absolute Gasteiger partial charge is 0.492 e. The fourth-order valence-electron chi connectivity index (χ4n) is 2.24. The molecule has 0 atom stereocenters. The zero-order valence-electron chi connectivity index (χ0n) is 12.3. The second-order valence-corrected chi connectivity index (χ2v) is 5.21. The smallest absolute Gasteiger partial charge is 0.410 e. The first-order valence-electron chi connectivity index (χ1n) is 6.91. The summed E-state index contributed by atoms with van der Waals surface area (Å²) < 4.78 is 10.5. The number of ether oxygens (including phenoxy) is 2. The maximum atomic E-state index is 11.5. The van der Waals surface area contributed by atoms with Crippen LogP contribution in [0.1, 0.15) is 25.0 Å². The first-order chi connectivity index (χ1) is 9.60. The number of rotatable bonds is 5. The standard InChI is InChI=1S/C15H22N2O3/c1-11(2)16-6-7-20-14-5-4-12-9-17(15(18)19-3)10-13(12)8-14/h4-5,8,11,16H,6-7,9-10H2,1-3H3.